The van der Waals surface area contributed by atoms with E-state index in [1.165, 1.54) is 0 Å². The second-order valence-corrected chi connectivity index (χ2v) is 6.85. The van der Waals surface area contributed by atoms with Gasteiger partial charge >= 0.3 is 6.09 Å². The van der Waals surface area contributed by atoms with Gasteiger partial charge in [0, 0.05) is 29.8 Å². The summed E-state index contributed by atoms with van der Waals surface area (Å²) >= 11 is 5.88. The second kappa shape index (κ2) is 6.56. The fourth-order valence-corrected chi connectivity index (χ4v) is 2.50. The maximum absolute atomic E-state index is 12.1. The molecule has 1 saturated heterocycles. The van der Waals surface area contributed by atoms with Crippen molar-refractivity contribution >= 4 is 23.4 Å². The van der Waals surface area contributed by atoms with E-state index in [2.05, 4.69) is 5.32 Å². The standard InChI is InChI=1S/C16H23ClN2O2/c1-16(2,3)21-15(20)19-10-4-5-14(11-19)18-13-8-6-12(17)7-9-13/h6-9,14,18H,4-5,10-11H2,1-3H3. The van der Waals surface area contributed by atoms with Crippen LogP contribution in [0.1, 0.15) is 33.6 Å². The lowest BCUT2D eigenvalue weighted by molar-refractivity contribution is 0.0206. The van der Waals surface area contributed by atoms with E-state index in [0.717, 1.165) is 30.1 Å². The van der Waals surface area contributed by atoms with Crippen LogP contribution >= 0.6 is 11.6 Å². The van der Waals surface area contributed by atoms with E-state index in [0.29, 0.717) is 6.54 Å². The highest BCUT2D eigenvalue weighted by molar-refractivity contribution is 6.30. The van der Waals surface area contributed by atoms with Crippen LogP contribution in [0.2, 0.25) is 5.02 Å². The third-order valence-corrected chi connectivity index (χ3v) is 3.54. The largest absolute Gasteiger partial charge is 0.444 e. The Kier molecular flexibility index (Phi) is 4.99. The monoisotopic (exact) mass is 310 g/mol. The van der Waals surface area contributed by atoms with Gasteiger partial charge < -0.3 is 15.0 Å². The zero-order chi connectivity index (χ0) is 15.5. The summed E-state index contributed by atoms with van der Waals surface area (Å²) in [6.07, 6.45) is 1.79. The average Bonchev–Trinajstić information content (AvgIpc) is 2.40. The van der Waals surface area contributed by atoms with Gasteiger partial charge in [0.15, 0.2) is 0 Å². The molecule has 1 aliphatic rings. The van der Waals surface area contributed by atoms with Gasteiger partial charge in [-0.1, -0.05) is 11.6 Å². The summed E-state index contributed by atoms with van der Waals surface area (Å²) in [6, 6.07) is 7.87. The minimum Gasteiger partial charge on any atom is -0.444 e. The molecule has 116 valence electrons. The number of amides is 1. The number of rotatable bonds is 2. The summed E-state index contributed by atoms with van der Waals surface area (Å²) in [5.41, 5.74) is 0.573. The number of nitrogens with zero attached hydrogens (tertiary/aromatic N) is 1. The normalized spacial score (nSPS) is 19.2. The Morgan fingerprint density at radius 2 is 2.00 bits per heavy atom. The van der Waals surface area contributed by atoms with Gasteiger partial charge in [-0.05, 0) is 57.9 Å². The van der Waals surface area contributed by atoms with Crippen molar-refractivity contribution in [3.05, 3.63) is 29.3 Å². The van der Waals surface area contributed by atoms with Crippen LogP contribution in [-0.4, -0.2) is 35.7 Å². The predicted octanol–water partition coefficient (Wildman–Crippen LogP) is 4.15. The molecule has 1 aliphatic heterocycles. The Labute approximate surface area is 131 Å². The van der Waals surface area contributed by atoms with Crippen LogP contribution < -0.4 is 5.32 Å². The molecule has 1 amide bonds. The molecule has 21 heavy (non-hydrogen) atoms. The van der Waals surface area contributed by atoms with E-state index in [1.54, 1.807) is 4.90 Å². The smallest absolute Gasteiger partial charge is 0.410 e. The summed E-state index contributed by atoms with van der Waals surface area (Å²) in [5, 5.41) is 4.17. The first-order valence-corrected chi connectivity index (χ1v) is 7.71. The number of anilines is 1. The SMILES string of the molecule is CC(C)(C)OC(=O)N1CCCC(Nc2ccc(Cl)cc2)C1. The van der Waals surface area contributed by atoms with E-state index < -0.39 is 5.60 Å². The number of ether oxygens (including phenoxy) is 1. The Morgan fingerprint density at radius 3 is 2.62 bits per heavy atom. The lowest BCUT2D eigenvalue weighted by atomic mass is 10.1. The van der Waals surface area contributed by atoms with Crippen molar-refractivity contribution in [2.24, 2.45) is 0 Å². The molecule has 0 radical (unpaired) electrons. The molecule has 0 spiro atoms. The zero-order valence-corrected chi connectivity index (χ0v) is 13.6. The quantitative estimate of drug-likeness (QED) is 0.892. The molecule has 1 atom stereocenters. The van der Waals surface area contributed by atoms with Crippen LogP contribution in [0, 0.1) is 0 Å². The van der Waals surface area contributed by atoms with Crippen LogP contribution in [-0.2, 0) is 4.74 Å². The summed E-state index contributed by atoms with van der Waals surface area (Å²) < 4.78 is 5.43. The number of benzene rings is 1. The van der Waals surface area contributed by atoms with Crippen LogP contribution in [0.15, 0.2) is 24.3 Å². The van der Waals surface area contributed by atoms with E-state index in [9.17, 15) is 4.79 Å². The third kappa shape index (κ3) is 5.12. The number of hydrogen-bond donors (Lipinski definition) is 1. The fraction of sp³-hybridized carbons (Fsp3) is 0.562. The number of carbonyl (C=O) groups is 1. The molecule has 1 aromatic carbocycles. The number of carbonyl (C=O) groups excluding carboxylic acids is 1. The molecule has 0 aromatic heterocycles. The minimum absolute atomic E-state index is 0.231. The van der Waals surface area contributed by atoms with Crippen LogP contribution in [0.25, 0.3) is 0 Å². The first-order valence-electron chi connectivity index (χ1n) is 7.33. The van der Waals surface area contributed by atoms with Crippen molar-refractivity contribution in [3.8, 4) is 0 Å². The second-order valence-electron chi connectivity index (χ2n) is 6.42. The van der Waals surface area contributed by atoms with Crippen molar-refractivity contribution in [2.45, 2.75) is 45.3 Å². The molecule has 5 heteroatoms. The molecule has 2 rings (SSSR count). The Morgan fingerprint density at radius 1 is 1.33 bits per heavy atom. The fourth-order valence-electron chi connectivity index (χ4n) is 2.37. The molecule has 1 unspecified atom stereocenters. The van der Waals surface area contributed by atoms with E-state index in [1.807, 2.05) is 45.0 Å². The van der Waals surface area contributed by atoms with E-state index >= 15 is 0 Å². The zero-order valence-electron chi connectivity index (χ0n) is 12.9. The molecule has 0 bridgehead atoms. The number of piperidine rings is 1. The van der Waals surface area contributed by atoms with Crippen molar-refractivity contribution < 1.29 is 9.53 Å². The summed E-state index contributed by atoms with van der Waals surface area (Å²) in [6.45, 7) is 7.08. The van der Waals surface area contributed by atoms with Gasteiger partial charge in [0.1, 0.15) is 5.60 Å². The number of likely N-dealkylation sites (tertiary alicyclic amines) is 1. The number of halogens is 1. The minimum atomic E-state index is -0.451. The lowest BCUT2D eigenvalue weighted by Crippen LogP contribution is -2.46. The lowest BCUT2D eigenvalue weighted by Gasteiger charge is -2.34. The maximum atomic E-state index is 12.1. The van der Waals surface area contributed by atoms with E-state index in [-0.39, 0.29) is 12.1 Å². The third-order valence-electron chi connectivity index (χ3n) is 3.29. The van der Waals surface area contributed by atoms with Gasteiger partial charge in [0.25, 0.3) is 0 Å². The highest BCUT2D eigenvalue weighted by atomic mass is 35.5. The van der Waals surface area contributed by atoms with Gasteiger partial charge in [-0.25, -0.2) is 4.79 Å². The highest BCUT2D eigenvalue weighted by Crippen LogP contribution is 2.20. The predicted molar refractivity (Wildman–Crippen MR) is 85.9 cm³/mol. The first kappa shape index (κ1) is 16.0. The van der Waals surface area contributed by atoms with Crippen LogP contribution in [0.5, 0.6) is 0 Å². The Bertz CT molecular complexity index is 482. The molecule has 1 fully saturated rings. The topological polar surface area (TPSA) is 41.6 Å². The van der Waals surface area contributed by atoms with Gasteiger partial charge in [0.2, 0.25) is 0 Å². The Balaban J connectivity index is 1.91. The molecule has 0 saturated carbocycles. The van der Waals surface area contributed by atoms with E-state index in [4.69, 9.17) is 16.3 Å². The summed E-state index contributed by atoms with van der Waals surface area (Å²) in [7, 11) is 0. The van der Waals surface area contributed by atoms with Gasteiger partial charge in [0.05, 0.1) is 0 Å². The molecule has 0 aliphatic carbocycles. The maximum Gasteiger partial charge on any atom is 0.410 e. The van der Waals surface area contributed by atoms with Crippen LogP contribution in [0.3, 0.4) is 0 Å². The molecular formula is C16H23ClN2O2. The number of nitrogens with one attached hydrogen (secondary N) is 1. The van der Waals surface area contributed by atoms with Crippen molar-refractivity contribution in [3.63, 3.8) is 0 Å². The highest BCUT2D eigenvalue weighted by Gasteiger charge is 2.27. The van der Waals surface area contributed by atoms with Gasteiger partial charge in [-0.15, -0.1) is 0 Å². The molecule has 1 aromatic rings. The van der Waals surface area contributed by atoms with Crippen molar-refractivity contribution in [1.82, 2.24) is 4.90 Å². The molecule has 1 heterocycles. The number of hydrogen-bond acceptors (Lipinski definition) is 3. The molecule has 4 nitrogen and oxygen atoms in total. The van der Waals surface area contributed by atoms with Crippen molar-refractivity contribution in [2.75, 3.05) is 18.4 Å². The Hall–Kier alpha value is -1.42. The van der Waals surface area contributed by atoms with Crippen molar-refractivity contribution in [1.29, 1.82) is 0 Å². The average molecular weight is 311 g/mol. The molecule has 1 N–H and O–H groups in total. The van der Waals surface area contributed by atoms with Gasteiger partial charge in [-0.2, -0.15) is 0 Å². The summed E-state index contributed by atoms with van der Waals surface area (Å²) in [4.78, 5) is 13.9. The molecular weight excluding hydrogens is 288 g/mol. The van der Waals surface area contributed by atoms with Gasteiger partial charge in [-0.3, -0.25) is 0 Å². The van der Waals surface area contributed by atoms with Crippen LogP contribution in [0.4, 0.5) is 10.5 Å². The summed E-state index contributed by atoms with van der Waals surface area (Å²) in [5.74, 6) is 0. The first-order chi connectivity index (χ1) is 9.83.